The molecule has 0 aliphatic heterocycles. The molecule has 0 bridgehead atoms. The Morgan fingerprint density at radius 3 is 2.35 bits per heavy atom. The predicted molar refractivity (Wildman–Crippen MR) is 72.7 cm³/mol. The molecule has 2 aromatic carbocycles. The molecule has 1 heteroatoms. The largest absolute Gasteiger partial charge is 0.294 e. The third kappa shape index (κ3) is 2.10. The second kappa shape index (κ2) is 4.70. The van der Waals surface area contributed by atoms with Gasteiger partial charge in [-0.05, 0) is 35.6 Å². The Bertz CT molecular complexity index is 554. The Balaban J connectivity index is 2.75. The van der Waals surface area contributed by atoms with Crippen molar-refractivity contribution in [2.45, 2.75) is 33.1 Å². The molecular weight excluding hydrogens is 208 g/mol. The van der Waals surface area contributed by atoms with Gasteiger partial charge in [0.05, 0.1) is 0 Å². The van der Waals surface area contributed by atoms with Crippen LogP contribution >= 0.6 is 0 Å². The minimum Gasteiger partial charge on any atom is -0.294 e. The van der Waals surface area contributed by atoms with Crippen LogP contribution in [0.5, 0.6) is 0 Å². The lowest BCUT2D eigenvalue weighted by molar-refractivity contribution is 0.101. The number of carbonyl (C=O) groups excluding carboxylic acids is 1. The van der Waals surface area contributed by atoms with Crippen LogP contribution in [0.15, 0.2) is 36.4 Å². The minimum atomic E-state index is 0.136. The topological polar surface area (TPSA) is 17.1 Å². The Hall–Kier alpha value is -1.63. The van der Waals surface area contributed by atoms with Gasteiger partial charge in [-0.25, -0.2) is 0 Å². The van der Waals surface area contributed by atoms with Crippen LogP contribution in [-0.4, -0.2) is 5.78 Å². The molecule has 0 aliphatic rings. The molecule has 0 saturated carbocycles. The van der Waals surface area contributed by atoms with Gasteiger partial charge in [0.25, 0.3) is 0 Å². The summed E-state index contributed by atoms with van der Waals surface area (Å²) in [5.74, 6) is 0.665. The first-order valence-electron chi connectivity index (χ1n) is 6.17. The summed E-state index contributed by atoms with van der Waals surface area (Å²) in [6.07, 6.45) is 1.11. The number of fused-ring (bicyclic) bond motifs is 1. The van der Waals surface area contributed by atoms with Gasteiger partial charge in [0.2, 0.25) is 0 Å². The molecule has 0 radical (unpaired) electrons. The van der Waals surface area contributed by atoms with Crippen LogP contribution in [-0.2, 0) is 0 Å². The van der Waals surface area contributed by atoms with E-state index < -0.39 is 0 Å². The zero-order valence-electron chi connectivity index (χ0n) is 10.7. The summed E-state index contributed by atoms with van der Waals surface area (Å²) >= 11 is 0. The first kappa shape index (κ1) is 11.8. The lowest BCUT2D eigenvalue weighted by atomic mass is 9.90. The van der Waals surface area contributed by atoms with Crippen LogP contribution in [0.1, 0.15) is 49.0 Å². The van der Waals surface area contributed by atoms with Crippen molar-refractivity contribution in [1.82, 2.24) is 0 Å². The van der Waals surface area contributed by atoms with Gasteiger partial charge in [-0.3, -0.25) is 4.79 Å². The fraction of sp³-hybridized carbons (Fsp3) is 0.312. The summed E-state index contributed by atoms with van der Waals surface area (Å²) in [6, 6.07) is 12.3. The van der Waals surface area contributed by atoms with Crippen molar-refractivity contribution in [1.29, 1.82) is 0 Å². The second-order valence-corrected chi connectivity index (χ2v) is 4.61. The summed E-state index contributed by atoms with van der Waals surface area (Å²) in [4.78, 5) is 11.6. The van der Waals surface area contributed by atoms with Crippen LogP contribution < -0.4 is 0 Å². The molecule has 2 rings (SSSR count). The molecule has 0 spiro atoms. The molecule has 0 saturated heterocycles. The number of benzene rings is 2. The summed E-state index contributed by atoms with van der Waals surface area (Å²) in [6.45, 7) is 6.05. The van der Waals surface area contributed by atoms with E-state index in [1.807, 2.05) is 24.3 Å². The van der Waals surface area contributed by atoms with E-state index in [-0.39, 0.29) is 5.78 Å². The highest BCUT2D eigenvalue weighted by Crippen LogP contribution is 2.29. The molecule has 88 valence electrons. The fourth-order valence-electron chi connectivity index (χ4n) is 2.28. The molecule has 1 unspecified atom stereocenters. The Kier molecular flexibility index (Phi) is 3.28. The first-order chi connectivity index (χ1) is 8.15. The van der Waals surface area contributed by atoms with Crippen molar-refractivity contribution in [2.75, 3.05) is 0 Å². The maximum Gasteiger partial charge on any atom is 0.160 e. The third-order valence-electron chi connectivity index (χ3n) is 3.48. The standard InChI is InChI=1S/C16H18O/c1-4-11(2)13-9-10-14(12(3)17)16-8-6-5-7-15(13)16/h5-11H,4H2,1-3H3. The number of rotatable bonds is 3. The van der Waals surface area contributed by atoms with E-state index >= 15 is 0 Å². The quantitative estimate of drug-likeness (QED) is 0.701. The van der Waals surface area contributed by atoms with Gasteiger partial charge in [0.15, 0.2) is 5.78 Å². The number of hydrogen-bond donors (Lipinski definition) is 0. The molecule has 0 fully saturated rings. The summed E-state index contributed by atoms with van der Waals surface area (Å²) in [5.41, 5.74) is 2.17. The van der Waals surface area contributed by atoms with Crippen LogP contribution in [0.4, 0.5) is 0 Å². The van der Waals surface area contributed by atoms with Gasteiger partial charge in [0.1, 0.15) is 0 Å². The monoisotopic (exact) mass is 226 g/mol. The zero-order chi connectivity index (χ0) is 12.4. The maximum absolute atomic E-state index is 11.6. The van der Waals surface area contributed by atoms with Crippen molar-refractivity contribution >= 4 is 16.6 Å². The average molecular weight is 226 g/mol. The smallest absolute Gasteiger partial charge is 0.160 e. The average Bonchev–Trinajstić information content (AvgIpc) is 2.36. The van der Waals surface area contributed by atoms with E-state index in [1.165, 1.54) is 10.9 Å². The molecule has 0 heterocycles. The molecule has 1 atom stereocenters. The van der Waals surface area contributed by atoms with Crippen molar-refractivity contribution in [3.63, 3.8) is 0 Å². The van der Waals surface area contributed by atoms with Crippen molar-refractivity contribution < 1.29 is 4.79 Å². The summed E-state index contributed by atoms with van der Waals surface area (Å²) in [7, 11) is 0. The molecule has 2 aromatic rings. The Morgan fingerprint density at radius 2 is 1.76 bits per heavy atom. The Morgan fingerprint density at radius 1 is 1.12 bits per heavy atom. The van der Waals surface area contributed by atoms with Crippen molar-refractivity contribution in [3.05, 3.63) is 47.5 Å². The van der Waals surface area contributed by atoms with Gasteiger partial charge >= 0.3 is 0 Å². The molecule has 17 heavy (non-hydrogen) atoms. The molecule has 0 N–H and O–H groups in total. The highest BCUT2D eigenvalue weighted by Gasteiger charge is 2.11. The van der Waals surface area contributed by atoms with Crippen LogP contribution in [0.3, 0.4) is 0 Å². The van der Waals surface area contributed by atoms with E-state index in [1.54, 1.807) is 6.92 Å². The number of hydrogen-bond acceptors (Lipinski definition) is 1. The van der Waals surface area contributed by atoms with Crippen molar-refractivity contribution in [2.24, 2.45) is 0 Å². The van der Waals surface area contributed by atoms with Crippen molar-refractivity contribution in [3.8, 4) is 0 Å². The molecule has 0 aromatic heterocycles. The fourth-order valence-corrected chi connectivity index (χ4v) is 2.28. The third-order valence-corrected chi connectivity index (χ3v) is 3.48. The van der Waals surface area contributed by atoms with Gasteiger partial charge in [0, 0.05) is 5.56 Å². The minimum absolute atomic E-state index is 0.136. The lowest BCUT2D eigenvalue weighted by Gasteiger charge is -2.14. The molecule has 0 amide bonds. The number of ketones is 1. The maximum atomic E-state index is 11.6. The SMILES string of the molecule is CCC(C)c1ccc(C(C)=O)c2ccccc12. The van der Waals surface area contributed by atoms with E-state index in [9.17, 15) is 4.79 Å². The number of Topliss-reactive ketones (excluding diaryl/α,β-unsaturated/α-hetero) is 1. The van der Waals surface area contributed by atoms with Gasteiger partial charge in [-0.1, -0.05) is 50.2 Å². The first-order valence-corrected chi connectivity index (χ1v) is 6.17. The summed E-state index contributed by atoms with van der Waals surface area (Å²) < 4.78 is 0. The molecular formula is C16H18O. The van der Waals surface area contributed by atoms with E-state index in [4.69, 9.17) is 0 Å². The second-order valence-electron chi connectivity index (χ2n) is 4.61. The van der Waals surface area contributed by atoms with Crippen LogP contribution in [0.2, 0.25) is 0 Å². The van der Waals surface area contributed by atoms with Gasteiger partial charge < -0.3 is 0 Å². The van der Waals surface area contributed by atoms with E-state index in [2.05, 4.69) is 26.0 Å². The lowest BCUT2D eigenvalue weighted by Crippen LogP contribution is -1.98. The van der Waals surface area contributed by atoms with Crippen LogP contribution in [0.25, 0.3) is 10.8 Å². The van der Waals surface area contributed by atoms with E-state index in [0.29, 0.717) is 5.92 Å². The predicted octanol–water partition coefficient (Wildman–Crippen LogP) is 4.56. The highest BCUT2D eigenvalue weighted by molar-refractivity contribution is 6.07. The summed E-state index contributed by atoms with van der Waals surface area (Å²) in [5, 5.41) is 2.30. The highest BCUT2D eigenvalue weighted by atomic mass is 16.1. The Labute approximate surface area is 102 Å². The molecule has 1 nitrogen and oxygen atoms in total. The normalized spacial score (nSPS) is 12.6. The van der Waals surface area contributed by atoms with Gasteiger partial charge in [-0.2, -0.15) is 0 Å². The van der Waals surface area contributed by atoms with Crippen LogP contribution in [0, 0.1) is 0 Å². The van der Waals surface area contributed by atoms with E-state index in [0.717, 1.165) is 17.4 Å². The zero-order valence-corrected chi connectivity index (χ0v) is 10.7. The molecule has 0 aliphatic carbocycles. The number of carbonyl (C=O) groups is 1. The van der Waals surface area contributed by atoms with Gasteiger partial charge in [-0.15, -0.1) is 0 Å².